The summed E-state index contributed by atoms with van der Waals surface area (Å²) in [5, 5.41) is 12.7. The summed E-state index contributed by atoms with van der Waals surface area (Å²) in [5.74, 6) is 1.02. The fraction of sp³-hybridized carbons (Fsp3) is 0.632. The van der Waals surface area contributed by atoms with Crippen LogP contribution in [0.1, 0.15) is 50.5 Å². The minimum Gasteiger partial charge on any atom is -0.393 e. The Bertz CT molecular complexity index is 511. The fourth-order valence-corrected chi connectivity index (χ4v) is 4.01. The second-order valence-corrected chi connectivity index (χ2v) is 7.18. The molecule has 0 aromatic heterocycles. The third-order valence-corrected chi connectivity index (χ3v) is 5.44. The number of carbonyl (C=O) groups excluding carboxylic acids is 1. The first-order valence-corrected chi connectivity index (χ1v) is 8.92. The molecule has 126 valence electrons. The zero-order valence-corrected chi connectivity index (χ0v) is 13.9. The Kier molecular flexibility index (Phi) is 5.21. The predicted octanol–water partition coefficient (Wildman–Crippen LogP) is 3.13. The maximum atomic E-state index is 12.5. The van der Waals surface area contributed by atoms with Gasteiger partial charge in [-0.25, -0.2) is 4.79 Å². The molecule has 2 aliphatic rings. The van der Waals surface area contributed by atoms with Crippen molar-refractivity contribution in [2.45, 2.75) is 57.1 Å². The van der Waals surface area contributed by atoms with Gasteiger partial charge in [0.2, 0.25) is 0 Å². The number of rotatable bonds is 2. The topological polar surface area (TPSA) is 52.6 Å². The molecule has 0 spiro atoms. The van der Waals surface area contributed by atoms with Gasteiger partial charge in [-0.1, -0.05) is 37.3 Å². The highest BCUT2D eigenvalue weighted by molar-refractivity contribution is 5.74. The van der Waals surface area contributed by atoms with Crippen LogP contribution in [-0.2, 0) is 0 Å². The number of amides is 2. The van der Waals surface area contributed by atoms with Gasteiger partial charge in [-0.05, 0) is 49.5 Å². The van der Waals surface area contributed by atoms with E-state index in [1.54, 1.807) is 0 Å². The van der Waals surface area contributed by atoms with Crippen molar-refractivity contribution in [3.05, 3.63) is 35.9 Å². The van der Waals surface area contributed by atoms with Crippen molar-refractivity contribution in [1.29, 1.82) is 0 Å². The Morgan fingerprint density at radius 3 is 2.48 bits per heavy atom. The molecule has 4 heteroatoms. The van der Waals surface area contributed by atoms with Crippen molar-refractivity contribution in [3.8, 4) is 0 Å². The van der Waals surface area contributed by atoms with E-state index in [0.717, 1.165) is 45.2 Å². The summed E-state index contributed by atoms with van der Waals surface area (Å²) in [5.41, 5.74) is 1.39. The van der Waals surface area contributed by atoms with Crippen LogP contribution in [0.2, 0.25) is 0 Å². The van der Waals surface area contributed by atoms with Crippen LogP contribution in [-0.4, -0.2) is 41.3 Å². The Balaban J connectivity index is 1.52. The van der Waals surface area contributed by atoms with E-state index in [1.807, 2.05) is 4.90 Å². The first kappa shape index (κ1) is 16.3. The Hall–Kier alpha value is -1.55. The molecule has 2 fully saturated rings. The van der Waals surface area contributed by atoms with E-state index in [4.69, 9.17) is 0 Å². The lowest BCUT2D eigenvalue weighted by atomic mass is 9.82. The number of carbonyl (C=O) groups is 1. The van der Waals surface area contributed by atoms with Crippen molar-refractivity contribution < 1.29 is 9.90 Å². The van der Waals surface area contributed by atoms with Crippen LogP contribution in [0.25, 0.3) is 0 Å². The van der Waals surface area contributed by atoms with Gasteiger partial charge in [0.1, 0.15) is 0 Å². The molecule has 1 heterocycles. The summed E-state index contributed by atoms with van der Waals surface area (Å²) < 4.78 is 0. The third-order valence-electron chi connectivity index (χ3n) is 5.44. The molecule has 2 amide bonds. The van der Waals surface area contributed by atoms with Gasteiger partial charge in [-0.2, -0.15) is 0 Å². The lowest BCUT2D eigenvalue weighted by molar-refractivity contribution is 0.112. The van der Waals surface area contributed by atoms with E-state index in [-0.39, 0.29) is 18.2 Å². The number of aliphatic hydroxyl groups excluding tert-OH is 1. The second-order valence-electron chi connectivity index (χ2n) is 7.18. The zero-order chi connectivity index (χ0) is 16.2. The Morgan fingerprint density at radius 2 is 1.83 bits per heavy atom. The van der Waals surface area contributed by atoms with Crippen molar-refractivity contribution >= 4 is 6.03 Å². The maximum Gasteiger partial charge on any atom is 0.317 e. The summed E-state index contributed by atoms with van der Waals surface area (Å²) >= 11 is 0. The van der Waals surface area contributed by atoms with Gasteiger partial charge < -0.3 is 15.3 Å². The summed E-state index contributed by atoms with van der Waals surface area (Å²) in [4.78, 5) is 14.5. The van der Waals surface area contributed by atoms with Crippen LogP contribution in [0.4, 0.5) is 4.79 Å². The predicted molar refractivity (Wildman–Crippen MR) is 91.3 cm³/mol. The van der Waals surface area contributed by atoms with Crippen molar-refractivity contribution in [1.82, 2.24) is 10.2 Å². The summed E-state index contributed by atoms with van der Waals surface area (Å²) in [6.45, 7) is 3.89. The second kappa shape index (κ2) is 7.35. The smallest absolute Gasteiger partial charge is 0.317 e. The lowest BCUT2D eigenvalue weighted by Crippen LogP contribution is -2.50. The standard InChI is InChI=1S/C19H28N2O2/c1-14-13-21(12-11-18(14)15-5-3-2-4-6-15)19(23)20-16-7-9-17(22)10-8-16/h2-6,14,16-18,22H,7-13H2,1H3,(H,20,23). The molecule has 2 atom stereocenters. The van der Waals surface area contributed by atoms with Crippen LogP contribution < -0.4 is 5.32 Å². The van der Waals surface area contributed by atoms with E-state index in [2.05, 4.69) is 42.6 Å². The van der Waals surface area contributed by atoms with E-state index >= 15 is 0 Å². The minimum atomic E-state index is -0.176. The molecule has 0 bridgehead atoms. The van der Waals surface area contributed by atoms with Crippen LogP contribution in [0.15, 0.2) is 30.3 Å². The van der Waals surface area contributed by atoms with Crippen LogP contribution >= 0.6 is 0 Å². The largest absolute Gasteiger partial charge is 0.393 e. The van der Waals surface area contributed by atoms with Gasteiger partial charge in [0.15, 0.2) is 0 Å². The quantitative estimate of drug-likeness (QED) is 0.881. The number of urea groups is 1. The van der Waals surface area contributed by atoms with Crippen LogP contribution in [0.5, 0.6) is 0 Å². The number of benzene rings is 1. The SMILES string of the molecule is CC1CN(C(=O)NC2CCC(O)CC2)CCC1c1ccccc1. The molecular weight excluding hydrogens is 288 g/mol. The average Bonchev–Trinajstić information content (AvgIpc) is 2.57. The molecule has 1 aliphatic carbocycles. The minimum absolute atomic E-state index is 0.0738. The van der Waals surface area contributed by atoms with Gasteiger partial charge in [0.25, 0.3) is 0 Å². The molecule has 1 aromatic carbocycles. The highest BCUT2D eigenvalue weighted by atomic mass is 16.3. The molecule has 0 radical (unpaired) electrons. The molecule has 3 rings (SSSR count). The van der Waals surface area contributed by atoms with Gasteiger partial charge in [-0.15, -0.1) is 0 Å². The average molecular weight is 316 g/mol. The molecule has 23 heavy (non-hydrogen) atoms. The number of piperidine rings is 1. The number of hydrogen-bond donors (Lipinski definition) is 2. The molecule has 1 aliphatic heterocycles. The number of hydrogen-bond acceptors (Lipinski definition) is 2. The van der Waals surface area contributed by atoms with E-state index in [0.29, 0.717) is 11.8 Å². The first-order valence-electron chi connectivity index (χ1n) is 8.92. The van der Waals surface area contributed by atoms with Crippen molar-refractivity contribution in [3.63, 3.8) is 0 Å². The Labute approximate surface area is 138 Å². The first-order chi connectivity index (χ1) is 11.1. The summed E-state index contributed by atoms with van der Waals surface area (Å²) in [6.07, 6.45) is 4.24. The number of nitrogens with zero attached hydrogens (tertiary/aromatic N) is 1. The molecule has 4 nitrogen and oxygen atoms in total. The molecule has 1 saturated heterocycles. The maximum absolute atomic E-state index is 12.5. The number of nitrogens with one attached hydrogen (secondary N) is 1. The molecule has 2 unspecified atom stereocenters. The molecule has 1 aromatic rings. The summed E-state index contributed by atoms with van der Waals surface area (Å²) in [6, 6.07) is 10.9. The van der Waals surface area contributed by atoms with Crippen molar-refractivity contribution in [2.24, 2.45) is 5.92 Å². The number of likely N-dealkylation sites (tertiary alicyclic amines) is 1. The molecular formula is C19H28N2O2. The van der Waals surface area contributed by atoms with E-state index in [9.17, 15) is 9.90 Å². The Morgan fingerprint density at radius 1 is 1.13 bits per heavy atom. The zero-order valence-electron chi connectivity index (χ0n) is 13.9. The van der Waals surface area contributed by atoms with Crippen molar-refractivity contribution in [2.75, 3.05) is 13.1 Å². The highest BCUT2D eigenvalue weighted by Crippen LogP contribution is 2.32. The molecule has 2 N–H and O–H groups in total. The summed E-state index contributed by atoms with van der Waals surface area (Å²) in [7, 11) is 0. The van der Waals surface area contributed by atoms with E-state index in [1.165, 1.54) is 5.56 Å². The van der Waals surface area contributed by atoms with E-state index < -0.39 is 0 Å². The van der Waals surface area contributed by atoms with Gasteiger partial charge >= 0.3 is 6.03 Å². The van der Waals surface area contributed by atoms with Crippen LogP contribution in [0.3, 0.4) is 0 Å². The fourth-order valence-electron chi connectivity index (χ4n) is 4.01. The highest BCUT2D eigenvalue weighted by Gasteiger charge is 2.30. The van der Waals surface area contributed by atoms with Gasteiger partial charge in [0.05, 0.1) is 6.10 Å². The third kappa shape index (κ3) is 4.05. The van der Waals surface area contributed by atoms with Gasteiger partial charge in [0, 0.05) is 19.1 Å². The number of aliphatic hydroxyl groups is 1. The van der Waals surface area contributed by atoms with Crippen LogP contribution in [0, 0.1) is 5.92 Å². The molecule has 1 saturated carbocycles. The van der Waals surface area contributed by atoms with Gasteiger partial charge in [-0.3, -0.25) is 0 Å². The normalized spacial score (nSPS) is 31.7. The lowest BCUT2D eigenvalue weighted by Gasteiger charge is -2.38. The monoisotopic (exact) mass is 316 g/mol.